The van der Waals surface area contributed by atoms with Crippen LogP contribution in [0, 0.1) is 13.8 Å². The number of benzene rings is 6. The van der Waals surface area contributed by atoms with Gasteiger partial charge in [0, 0.05) is 33.9 Å². The van der Waals surface area contributed by atoms with Crippen molar-refractivity contribution in [3.8, 4) is 22.3 Å². The van der Waals surface area contributed by atoms with Gasteiger partial charge in [0.15, 0.2) is 0 Å². The molecule has 0 atom stereocenters. The molecular weight excluding hydrogens is 484 g/mol. The minimum atomic E-state index is 1.15. The molecule has 6 aromatic carbocycles. The third-order valence-electron chi connectivity index (χ3n) is 7.85. The normalized spacial score (nSPS) is 11.2. The molecule has 40 heavy (non-hydrogen) atoms. The first-order valence-electron chi connectivity index (χ1n) is 13.8. The van der Waals surface area contributed by atoms with Gasteiger partial charge >= 0.3 is 0 Å². The van der Waals surface area contributed by atoms with Crippen LogP contribution >= 0.6 is 0 Å². The molecule has 0 amide bonds. The molecule has 0 saturated heterocycles. The molecular formula is C38H30N2. The van der Waals surface area contributed by atoms with E-state index in [1.165, 1.54) is 56.1 Å². The quantitative estimate of drug-likeness (QED) is 0.218. The van der Waals surface area contributed by atoms with Gasteiger partial charge in [0.25, 0.3) is 0 Å². The van der Waals surface area contributed by atoms with Crippen LogP contribution in [0.4, 0.5) is 34.1 Å². The van der Waals surface area contributed by atoms with Crippen molar-refractivity contribution in [1.82, 2.24) is 0 Å². The highest BCUT2D eigenvalue weighted by Crippen LogP contribution is 2.59. The zero-order chi connectivity index (χ0) is 27.1. The van der Waals surface area contributed by atoms with Crippen molar-refractivity contribution < 1.29 is 0 Å². The lowest BCUT2D eigenvalue weighted by Crippen LogP contribution is -2.18. The molecule has 192 valence electrons. The van der Waals surface area contributed by atoms with Crippen LogP contribution in [0.5, 0.6) is 0 Å². The molecule has 0 fully saturated rings. The van der Waals surface area contributed by atoms with Crippen molar-refractivity contribution in [1.29, 1.82) is 0 Å². The number of hydrogen-bond donors (Lipinski definition) is 0. The van der Waals surface area contributed by atoms with E-state index in [2.05, 4.69) is 169 Å². The van der Waals surface area contributed by atoms with E-state index >= 15 is 0 Å². The van der Waals surface area contributed by atoms with Crippen LogP contribution in [-0.4, -0.2) is 0 Å². The monoisotopic (exact) mass is 514 g/mol. The van der Waals surface area contributed by atoms with E-state index in [-0.39, 0.29) is 0 Å². The number of nitrogens with zero attached hydrogens (tertiary/aromatic N) is 2. The SMILES string of the molecule is Cc1ccccc1N(c1ccccc1)c1ccc(N(c2ccccc2)c2ccccc2C)c2c1-c1ccccc1-2. The van der Waals surface area contributed by atoms with Crippen LogP contribution in [-0.2, 0) is 0 Å². The number of para-hydroxylation sites is 4. The number of fused-ring (bicyclic) bond motifs is 4. The Morgan fingerprint density at radius 3 is 1.07 bits per heavy atom. The van der Waals surface area contributed by atoms with E-state index in [1.54, 1.807) is 0 Å². The van der Waals surface area contributed by atoms with Gasteiger partial charge in [-0.1, -0.05) is 97.1 Å². The van der Waals surface area contributed by atoms with Crippen LogP contribution in [0.15, 0.2) is 146 Å². The van der Waals surface area contributed by atoms with Crippen molar-refractivity contribution in [2.24, 2.45) is 0 Å². The Hall–Kier alpha value is -5.08. The Morgan fingerprint density at radius 1 is 0.325 bits per heavy atom. The molecule has 1 aliphatic carbocycles. The first-order chi connectivity index (χ1) is 19.7. The highest BCUT2D eigenvalue weighted by molar-refractivity contribution is 6.15. The zero-order valence-electron chi connectivity index (χ0n) is 22.8. The maximum Gasteiger partial charge on any atom is 0.0548 e. The summed E-state index contributed by atoms with van der Waals surface area (Å²) < 4.78 is 0. The van der Waals surface area contributed by atoms with Crippen molar-refractivity contribution in [3.63, 3.8) is 0 Å². The first-order valence-corrected chi connectivity index (χ1v) is 13.8. The second-order valence-electron chi connectivity index (χ2n) is 10.3. The summed E-state index contributed by atoms with van der Waals surface area (Å²) in [6.45, 7) is 4.38. The average molecular weight is 515 g/mol. The lowest BCUT2D eigenvalue weighted by Gasteiger charge is -2.38. The summed E-state index contributed by atoms with van der Waals surface area (Å²) in [5.41, 5.74) is 14.7. The van der Waals surface area contributed by atoms with Crippen LogP contribution in [0.2, 0.25) is 0 Å². The van der Waals surface area contributed by atoms with E-state index in [0.717, 1.165) is 11.4 Å². The summed E-state index contributed by atoms with van der Waals surface area (Å²) in [7, 11) is 0. The zero-order valence-corrected chi connectivity index (χ0v) is 22.8. The Labute approximate surface area is 236 Å². The Balaban J connectivity index is 1.51. The lowest BCUT2D eigenvalue weighted by molar-refractivity contribution is 1.22. The lowest BCUT2D eigenvalue weighted by atomic mass is 9.77. The maximum absolute atomic E-state index is 2.41. The summed E-state index contributed by atoms with van der Waals surface area (Å²) in [6.07, 6.45) is 0. The molecule has 2 heteroatoms. The molecule has 0 spiro atoms. The molecule has 0 unspecified atom stereocenters. The summed E-state index contributed by atoms with van der Waals surface area (Å²) in [6, 6.07) is 52.1. The topological polar surface area (TPSA) is 6.48 Å². The predicted molar refractivity (Wildman–Crippen MR) is 170 cm³/mol. The maximum atomic E-state index is 2.41. The average Bonchev–Trinajstić information content (AvgIpc) is 2.99. The van der Waals surface area contributed by atoms with Gasteiger partial charge in [-0.25, -0.2) is 0 Å². The summed E-state index contributed by atoms with van der Waals surface area (Å²) >= 11 is 0. The Bertz CT molecular complexity index is 1690. The van der Waals surface area contributed by atoms with Crippen LogP contribution in [0.3, 0.4) is 0 Å². The van der Waals surface area contributed by atoms with Crippen molar-refractivity contribution >= 4 is 34.1 Å². The van der Waals surface area contributed by atoms with Gasteiger partial charge in [0.2, 0.25) is 0 Å². The highest BCUT2D eigenvalue weighted by atomic mass is 15.2. The standard InChI is InChI=1S/C38H30N2/c1-27-15-9-13-23-33(27)39(29-17-5-3-6-18-29)35-25-26-36(38-32-22-12-11-21-31(32)37(35)38)40(30-19-7-4-8-20-30)34-24-14-10-16-28(34)2/h3-26H,1-2H3. The fourth-order valence-electron chi connectivity index (χ4n) is 5.95. The third-order valence-corrected chi connectivity index (χ3v) is 7.85. The van der Waals surface area contributed by atoms with E-state index in [1.807, 2.05) is 0 Å². The van der Waals surface area contributed by atoms with E-state index in [4.69, 9.17) is 0 Å². The fraction of sp³-hybridized carbons (Fsp3) is 0.0526. The molecule has 7 rings (SSSR count). The van der Waals surface area contributed by atoms with Gasteiger partial charge < -0.3 is 9.80 Å². The molecule has 0 aliphatic heterocycles. The molecule has 0 saturated carbocycles. The van der Waals surface area contributed by atoms with Crippen LogP contribution < -0.4 is 9.80 Å². The molecule has 1 aliphatic rings. The molecule has 2 nitrogen and oxygen atoms in total. The summed E-state index contributed by atoms with van der Waals surface area (Å²) in [5, 5.41) is 0. The number of aryl methyl sites for hydroxylation is 2. The van der Waals surface area contributed by atoms with Crippen molar-refractivity contribution in [3.05, 3.63) is 157 Å². The van der Waals surface area contributed by atoms with Crippen LogP contribution in [0.1, 0.15) is 11.1 Å². The second kappa shape index (κ2) is 9.91. The number of anilines is 6. The Morgan fingerprint density at radius 2 is 0.675 bits per heavy atom. The molecule has 0 N–H and O–H groups in total. The smallest absolute Gasteiger partial charge is 0.0548 e. The molecule has 0 bridgehead atoms. The van der Waals surface area contributed by atoms with Crippen LogP contribution in [0.25, 0.3) is 22.3 Å². The minimum absolute atomic E-state index is 1.15. The van der Waals surface area contributed by atoms with Gasteiger partial charge in [0.05, 0.1) is 11.4 Å². The molecule has 6 aromatic rings. The van der Waals surface area contributed by atoms with Gasteiger partial charge in [0.1, 0.15) is 0 Å². The first kappa shape index (κ1) is 24.0. The van der Waals surface area contributed by atoms with Crippen molar-refractivity contribution in [2.45, 2.75) is 13.8 Å². The van der Waals surface area contributed by atoms with Gasteiger partial charge in [-0.2, -0.15) is 0 Å². The summed E-state index contributed by atoms with van der Waals surface area (Å²) in [4.78, 5) is 4.82. The fourth-order valence-corrected chi connectivity index (χ4v) is 5.95. The van der Waals surface area contributed by atoms with Gasteiger partial charge in [-0.05, 0) is 84.6 Å². The predicted octanol–water partition coefficient (Wildman–Crippen LogP) is 10.9. The molecule has 0 aromatic heterocycles. The van der Waals surface area contributed by atoms with Gasteiger partial charge in [-0.3, -0.25) is 0 Å². The Kier molecular flexibility index (Phi) is 5.94. The minimum Gasteiger partial charge on any atom is -0.310 e. The summed E-state index contributed by atoms with van der Waals surface area (Å²) in [5.74, 6) is 0. The van der Waals surface area contributed by atoms with E-state index in [0.29, 0.717) is 0 Å². The molecule has 0 radical (unpaired) electrons. The second-order valence-corrected chi connectivity index (χ2v) is 10.3. The molecule has 0 heterocycles. The third kappa shape index (κ3) is 3.88. The number of hydrogen-bond acceptors (Lipinski definition) is 2. The van der Waals surface area contributed by atoms with E-state index < -0.39 is 0 Å². The van der Waals surface area contributed by atoms with Crippen molar-refractivity contribution in [2.75, 3.05) is 9.80 Å². The highest BCUT2D eigenvalue weighted by Gasteiger charge is 2.33. The largest absolute Gasteiger partial charge is 0.310 e. The van der Waals surface area contributed by atoms with Gasteiger partial charge in [-0.15, -0.1) is 0 Å². The number of rotatable bonds is 6. The van der Waals surface area contributed by atoms with E-state index in [9.17, 15) is 0 Å².